The zero-order valence-electron chi connectivity index (χ0n) is 8.37. The molecular formula is C10H11FN2O3. The minimum atomic E-state index is -1.04. The molecule has 0 saturated heterocycles. The predicted octanol–water partition coefficient (Wildman–Crippen LogP) is 0.438. The first-order valence-corrected chi connectivity index (χ1v) is 4.56. The zero-order chi connectivity index (χ0) is 12.0. The van der Waals surface area contributed by atoms with E-state index >= 15 is 0 Å². The van der Waals surface area contributed by atoms with Crippen molar-refractivity contribution in [2.75, 3.05) is 18.4 Å². The highest BCUT2D eigenvalue weighted by molar-refractivity contribution is 5.92. The molecule has 1 aromatic rings. The van der Waals surface area contributed by atoms with Crippen LogP contribution >= 0.6 is 0 Å². The smallest absolute Gasteiger partial charge is 0.317 e. The van der Waals surface area contributed by atoms with Crippen molar-refractivity contribution in [2.45, 2.75) is 0 Å². The lowest BCUT2D eigenvalue weighted by molar-refractivity contribution is -0.135. The molecule has 0 saturated carbocycles. The molecule has 0 aromatic heterocycles. The summed E-state index contributed by atoms with van der Waals surface area (Å²) >= 11 is 0. The summed E-state index contributed by atoms with van der Waals surface area (Å²) in [5.41, 5.74) is 0.335. The molecule has 3 N–H and O–H groups in total. The Labute approximate surface area is 91.3 Å². The molecule has 1 rings (SSSR count). The van der Waals surface area contributed by atoms with E-state index < -0.39 is 17.7 Å². The molecule has 16 heavy (non-hydrogen) atoms. The second-order valence-corrected chi connectivity index (χ2v) is 3.06. The number of carbonyl (C=O) groups excluding carboxylic acids is 1. The first-order chi connectivity index (χ1) is 7.58. The summed E-state index contributed by atoms with van der Waals surface area (Å²) < 4.78 is 12.7. The van der Waals surface area contributed by atoms with Crippen molar-refractivity contribution in [3.63, 3.8) is 0 Å². The highest BCUT2D eigenvalue weighted by Gasteiger charge is 2.03. The largest absolute Gasteiger partial charge is 0.480 e. The van der Waals surface area contributed by atoms with E-state index in [9.17, 15) is 14.0 Å². The Morgan fingerprint density at radius 2 is 2.06 bits per heavy atom. The van der Waals surface area contributed by atoms with Crippen LogP contribution in [0.1, 0.15) is 0 Å². The number of hydrogen-bond acceptors (Lipinski definition) is 3. The van der Waals surface area contributed by atoms with E-state index in [0.717, 1.165) is 0 Å². The molecule has 0 bridgehead atoms. The molecule has 0 radical (unpaired) electrons. The highest BCUT2D eigenvalue weighted by Crippen LogP contribution is 2.08. The fourth-order valence-electron chi connectivity index (χ4n) is 1.05. The van der Waals surface area contributed by atoms with Crippen molar-refractivity contribution in [1.82, 2.24) is 5.32 Å². The number of amides is 1. The minimum Gasteiger partial charge on any atom is -0.480 e. The van der Waals surface area contributed by atoms with E-state index in [1.54, 1.807) is 0 Å². The topological polar surface area (TPSA) is 78.4 Å². The van der Waals surface area contributed by atoms with Crippen LogP contribution in [0.3, 0.4) is 0 Å². The summed E-state index contributed by atoms with van der Waals surface area (Å²) in [6, 6.07) is 5.45. The van der Waals surface area contributed by atoms with Crippen LogP contribution in [0, 0.1) is 5.82 Å². The third kappa shape index (κ3) is 4.52. The van der Waals surface area contributed by atoms with E-state index in [1.807, 2.05) is 0 Å². The molecular weight excluding hydrogens is 215 g/mol. The average Bonchev–Trinajstić information content (AvgIpc) is 2.16. The van der Waals surface area contributed by atoms with Gasteiger partial charge in [0.2, 0.25) is 5.91 Å². The normalized spacial score (nSPS) is 9.81. The summed E-state index contributed by atoms with van der Waals surface area (Å²) in [5.74, 6) is -1.92. The number of carboxylic acids is 1. The molecule has 6 heteroatoms. The summed E-state index contributed by atoms with van der Waals surface area (Å²) in [5, 5.41) is 13.1. The van der Waals surface area contributed by atoms with Crippen molar-refractivity contribution >= 4 is 17.6 Å². The Balaban J connectivity index is 2.37. The summed E-state index contributed by atoms with van der Waals surface area (Å²) in [6.07, 6.45) is 0. The van der Waals surface area contributed by atoms with Crippen LogP contribution in [-0.4, -0.2) is 30.1 Å². The van der Waals surface area contributed by atoms with Gasteiger partial charge in [-0.2, -0.15) is 0 Å². The van der Waals surface area contributed by atoms with Gasteiger partial charge in [-0.3, -0.25) is 14.9 Å². The summed E-state index contributed by atoms with van der Waals surface area (Å²) in [6.45, 7) is -0.431. The maximum Gasteiger partial charge on any atom is 0.317 e. The van der Waals surface area contributed by atoms with Crippen LogP contribution in [0.15, 0.2) is 24.3 Å². The van der Waals surface area contributed by atoms with Gasteiger partial charge in [0.25, 0.3) is 0 Å². The molecule has 0 fully saturated rings. The summed E-state index contributed by atoms with van der Waals surface area (Å²) in [4.78, 5) is 21.4. The molecule has 0 aliphatic carbocycles. The lowest BCUT2D eigenvalue weighted by Gasteiger charge is -2.05. The van der Waals surface area contributed by atoms with Gasteiger partial charge in [-0.05, 0) is 18.2 Å². The van der Waals surface area contributed by atoms with Crippen molar-refractivity contribution in [3.05, 3.63) is 30.1 Å². The van der Waals surface area contributed by atoms with Crippen LogP contribution in [0.25, 0.3) is 0 Å². The van der Waals surface area contributed by atoms with Gasteiger partial charge in [-0.15, -0.1) is 0 Å². The maximum atomic E-state index is 12.7. The monoisotopic (exact) mass is 226 g/mol. The van der Waals surface area contributed by atoms with Crippen LogP contribution < -0.4 is 10.6 Å². The number of anilines is 1. The standard InChI is InChI=1S/C10H11FN2O3/c11-7-2-1-3-8(4-7)13-9(14)5-12-6-10(15)16/h1-4,12H,5-6H2,(H,13,14)(H,15,16). The molecule has 5 nitrogen and oxygen atoms in total. The number of halogens is 1. The van der Waals surface area contributed by atoms with Crippen LogP contribution in [-0.2, 0) is 9.59 Å². The van der Waals surface area contributed by atoms with Crippen molar-refractivity contribution in [2.24, 2.45) is 0 Å². The fraction of sp³-hybridized carbons (Fsp3) is 0.200. The fourth-order valence-corrected chi connectivity index (χ4v) is 1.05. The van der Waals surface area contributed by atoms with E-state index in [4.69, 9.17) is 5.11 Å². The highest BCUT2D eigenvalue weighted by atomic mass is 19.1. The lowest BCUT2D eigenvalue weighted by Crippen LogP contribution is -2.31. The van der Waals surface area contributed by atoms with Gasteiger partial charge in [0.1, 0.15) is 5.82 Å². The van der Waals surface area contributed by atoms with Crippen LogP contribution in [0.2, 0.25) is 0 Å². The van der Waals surface area contributed by atoms with Crippen LogP contribution in [0.4, 0.5) is 10.1 Å². The predicted molar refractivity (Wildman–Crippen MR) is 55.5 cm³/mol. The van der Waals surface area contributed by atoms with Crippen molar-refractivity contribution < 1.29 is 19.1 Å². The number of carbonyl (C=O) groups is 2. The van der Waals surface area contributed by atoms with Crippen molar-refractivity contribution in [1.29, 1.82) is 0 Å². The average molecular weight is 226 g/mol. The number of nitrogens with one attached hydrogen (secondary N) is 2. The molecule has 0 unspecified atom stereocenters. The molecule has 0 aliphatic rings. The van der Waals surface area contributed by atoms with Gasteiger partial charge in [0.05, 0.1) is 13.1 Å². The first kappa shape index (κ1) is 12.1. The summed E-state index contributed by atoms with van der Waals surface area (Å²) in [7, 11) is 0. The Bertz CT molecular complexity index is 395. The molecule has 0 aliphatic heterocycles. The maximum absolute atomic E-state index is 12.7. The molecule has 0 atom stereocenters. The third-order valence-electron chi connectivity index (χ3n) is 1.67. The van der Waals surface area contributed by atoms with Gasteiger partial charge in [-0.25, -0.2) is 4.39 Å². The number of benzene rings is 1. The van der Waals surface area contributed by atoms with Gasteiger partial charge >= 0.3 is 5.97 Å². The molecule has 86 valence electrons. The molecule has 1 aromatic carbocycles. The lowest BCUT2D eigenvalue weighted by atomic mass is 10.3. The Morgan fingerprint density at radius 1 is 1.31 bits per heavy atom. The Hall–Kier alpha value is -1.95. The molecule has 0 spiro atoms. The number of hydrogen-bond donors (Lipinski definition) is 3. The first-order valence-electron chi connectivity index (χ1n) is 4.56. The third-order valence-corrected chi connectivity index (χ3v) is 1.67. The quantitative estimate of drug-likeness (QED) is 0.680. The van der Waals surface area contributed by atoms with Crippen LogP contribution in [0.5, 0.6) is 0 Å². The SMILES string of the molecule is O=C(O)CNCC(=O)Nc1cccc(F)c1. The van der Waals surface area contributed by atoms with E-state index in [0.29, 0.717) is 5.69 Å². The van der Waals surface area contributed by atoms with Gasteiger partial charge < -0.3 is 10.4 Å². The Morgan fingerprint density at radius 3 is 2.69 bits per heavy atom. The zero-order valence-corrected chi connectivity index (χ0v) is 8.37. The van der Waals surface area contributed by atoms with E-state index in [2.05, 4.69) is 10.6 Å². The van der Waals surface area contributed by atoms with E-state index in [1.165, 1.54) is 24.3 Å². The number of rotatable bonds is 5. The van der Waals surface area contributed by atoms with E-state index in [-0.39, 0.29) is 13.1 Å². The number of carboxylic acid groups (broad SMARTS) is 1. The second-order valence-electron chi connectivity index (χ2n) is 3.06. The molecule has 0 heterocycles. The Kier molecular flexibility index (Phi) is 4.41. The number of aliphatic carboxylic acids is 1. The van der Waals surface area contributed by atoms with Gasteiger partial charge in [0.15, 0.2) is 0 Å². The van der Waals surface area contributed by atoms with Crippen molar-refractivity contribution in [3.8, 4) is 0 Å². The molecule has 1 amide bonds. The van der Waals surface area contributed by atoms with Gasteiger partial charge in [-0.1, -0.05) is 6.07 Å². The van der Waals surface area contributed by atoms with Gasteiger partial charge in [0, 0.05) is 5.69 Å². The minimum absolute atomic E-state index is 0.136. The second kappa shape index (κ2) is 5.82.